The molecule has 1 aromatic heterocycles. The minimum Gasteiger partial charge on any atom is -0.314 e. The van der Waals surface area contributed by atoms with Crippen LogP contribution in [0.1, 0.15) is 49.5 Å². The molecule has 1 fully saturated rings. The van der Waals surface area contributed by atoms with Crippen molar-refractivity contribution in [1.29, 1.82) is 0 Å². The molecule has 2 amide bonds. The van der Waals surface area contributed by atoms with Crippen LogP contribution in [0.25, 0.3) is 0 Å². The summed E-state index contributed by atoms with van der Waals surface area (Å²) in [4.78, 5) is 35.8. The zero-order valence-corrected chi connectivity index (χ0v) is 15.2. The van der Waals surface area contributed by atoms with Crippen molar-refractivity contribution in [3.8, 4) is 0 Å². The largest absolute Gasteiger partial charge is 0.328 e. The highest BCUT2D eigenvalue weighted by atomic mass is 32.1. The SMILES string of the molecule is CC(C)N1CN(C)C(=O)N(c2nc3c(s2)C(=O)CC(C)(C)C3)C1. The van der Waals surface area contributed by atoms with Gasteiger partial charge >= 0.3 is 6.03 Å². The van der Waals surface area contributed by atoms with Gasteiger partial charge in [0.05, 0.1) is 23.9 Å². The second-order valence-electron chi connectivity index (χ2n) is 7.59. The van der Waals surface area contributed by atoms with E-state index in [0.717, 1.165) is 17.0 Å². The third kappa shape index (κ3) is 2.99. The first-order valence-corrected chi connectivity index (χ1v) is 8.79. The minimum absolute atomic E-state index is 0.0535. The first-order chi connectivity index (χ1) is 10.7. The van der Waals surface area contributed by atoms with Gasteiger partial charge in [-0.25, -0.2) is 9.78 Å². The molecule has 0 unspecified atom stereocenters. The van der Waals surface area contributed by atoms with Crippen molar-refractivity contribution in [2.75, 3.05) is 25.3 Å². The molecule has 0 saturated carbocycles. The number of carbonyl (C=O) groups is 2. The summed E-state index contributed by atoms with van der Waals surface area (Å²) in [5.41, 5.74) is 0.797. The summed E-state index contributed by atoms with van der Waals surface area (Å²) in [6, 6.07) is 0.280. The van der Waals surface area contributed by atoms with Crippen LogP contribution >= 0.6 is 11.3 Å². The molecule has 2 heterocycles. The van der Waals surface area contributed by atoms with Gasteiger partial charge in [0.2, 0.25) is 0 Å². The van der Waals surface area contributed by atoms with Gasteiger partial charge in [0.15, 0.2) is 10.9 Å². The number of ketones is 1. The summed E-state index contributed by atoms with van der Waals surface area (Å²) < 4.78 is 0. The molecule has 6 nitrogen and oxygen atoms in total. The van der Waals surface area contributed by atoms with Crippen molar-refractivity contribution in [1.82, 2.24) is 14.8 Å². The smallest absolute Gasteiger partial charge is 0.314 e. The molecule has 0 N–H and O–H groups in total. The Kier molecular flexibility index (Phi) is 3.96. The molecule has 1 saturated heterocycles. The summed E-state index contributed by atoms with van der Waals surface area (Å²) in [5.74, 6) is 0.151. The third-order valence-corrected chi connectivity index (χ3v) is 5.62. The molecule has 7 heteroatoms. The van der Waals surface area contributed by atoms with E-state index in [1.165, 1.54) is 11.3 Å². The number of carbonyl (C=O) groups excluding carboxylic acids is 2. The fourth-order valence-electron chi connectivity index (χ4n) is 3.12. The van der Waals surface area contributed by atoms with Gasteiger partial charge in [0, 0.05) is 19.5 Å². The van der Waals surface area contributed by atoms with E-state index < -0.39 is 0 Å². The first kappa shape index (κ1) is 16.4. The maximum atomic E-state index is 12.5. The van der Waals surface area contributed by atoms with Crippen molar-refractivity contribution in [2.24, 2.45) is 5.41 Å². The van der Waals surface area contributed by atoms with Crippen LogP contribution in [-0.4, -0.2) is 53.0 Å². The minimum atomic E-state index is -0.0558. The van der Waals surface area contributed by atoms with Gasteiger partial charge in [-0.1, -0.05) is 25.2 Å². The van der Waals surface area contributed by atoms with E-state index in [0.29, 0.717) is 30.9 Å². The van der Waals surface area contributed by atoms with E-state index in [1.54, 1.807) is 16.8 Å². The summed E-state index contributed by atoms with van der Waals surface area (Å²) in [5, 5.41) is 0.642. The number of amides is 2. The highest BCUT2D eigenvalue weighted by molar-refractivity contribution is 7.17. The Morgan fingerprint density at radius 1 is 1.17 bits per heavy atom. The number of aromatic nitrogens is 1. The van der Waals surface area contributed by atoms with E-state index in [2.05, 4.69) is 37.6 Å². The van der Waals surface area contributed by atoms with E-state index in [4.69, 9.17) is 0 Å². The average molecular weight is 336 g/mol. The lowest BCUT2D eigenvalue weighted by molar-refractivity contribution is 0.0916. The third-order valence-electron chi connectivity index (χ3n) is 4.46. The van der Waals surface area contributed by atoms with Crippen LogP contribution in [0.5, 0.6) is 0 Å². The normalized spacial score (nSPS) is 22.0. The molecular formula is C16H24N4O2S. The Labute approximate surface area is 141 Å². The average Bonchev–Trinajstić information content (AvgIpc) is 2.83. The molecule has 126 valence electrons. The van der Waals surface area contributed by atoms with Crippen LogP contribution in [0, 0.1) is 5.41 Å². The second-order valence-corrected chi connectivity index (χ2v) is 8.56. The van der Waals surface area contributed by atoms with Crippen molar-refractivity contribution in [3.63, 3.8) is 0 Å². The number of thiazole rings is 1. The lowest BCUT2D eigenvalue weighted by Crippen LogP contribution is -2.58. The van der Waals surface area contributed by atoms with Gasteiger partial charge in [-0.15, -0.1) is 0 Å². The number of anilines is 1. The molecule has 2 aliphatic rings. The number of urea groups is 1. The monoisotopic (exact) mass is 336 g/mol. The van der Waals surface area contributed by atoms with Crippen molar-refractivity contribution in [2.45, 2.75) is 46.6 Å². The van der Waals surface area contributed by atoms with Gasteiger partial charge < -0.3 is 4.90 Å². The molecular weight excluding hydrogens is 312 g/mol. The topological polar surface area (TPSA) is 56.8 Å². The fourth-order valence-corrected chi connectivity index (χ4v) is 4.12. The molecule has 1 aliphatic carbocycles. The van der Waals surface area contributed by atoms with Crippen LogP contribution in [0.2, 0.25) is 0 Å². The summed E-state index contributed by atoms with van der Waals surface area (Å²) in [7, 11) is 1.80. The van der Waals surface area contributed by atoms with Crippen molar-refractivity contribution >= 4 is 28.3 Å². The van der Waals surface area contributed by atoms with Gasteiger partial charge in [0.1, 0.15) is 0 Å². The molecule has 1 aliphatic heterocycles. The molecule has 0 aromatic carbocycles. The second kappa shape index (κ2) is 5.56. The van der Waals surface area contributed by atoms with Crippen LogP contribution in [0.3, 0.4) is 0 Å². The Morgan fingerprint density at radius 3 is 2.52 bits per heavy atom. The summed E-state index contributed by atoms with van der Waals surface area (Å²) >= 11 is 1.36. The molecule has 0 atom stereocenters. The molecule has 0 bridgehead atoms. The number of Topliss-reactive ketones (excluding diaryl/α,β-unsaturated/α-hetero) is 1. The van der Waals surface area contributed by atoms with Gasteiger partial charge in [0.25, 0.3) is 0 Å². The Hall–Kier alpha value is -1.47. The maximum Gasteiger partial charge on any atom is 0.328 e. The van der Waals surface area contributed by atoms with Crippen molar-refractivity contribution < 1.29 is 9.59 Å². The maximum absolute atomic E-state index is 12.5. The predicted molar refractivity (Wildman–Crippen MR) is 90.9 cm³/mol. The molecule has 0 radical (unpaired) electrons. The van der Waals surface area contributed by atoms with Gasteiger partial charge in [-0.05, 0) is 25.7 Å². The lowest BCUT2D eigenvalue weighted by atomic mass is 9.78. The Bertz CT molecular complexity index is 653. The summed E-state index contributed by atoms with van der Waals surface area (Å²) in [6.07, 6.45) is 1.34. The van der Waals surface area contributed by atoms with E-state index in [9.17, 15) is 9.59 Å². The van der Waals surface area contributed by atoms with Gasteiger partial charge in [-0.2, -0.15) is 0 Å². The van der Waals surface area contributed by atoms with E-state index in [-0.39, 0.29) is 17.2 Å². The zero-order valence-electron chi connectivity index (χ0n) is 14.4. The van der Waals surface area contributed by atoms with E-state index >= 15 is 0 Å². The molecule has 3 rings (SSSR count). The van der Waals surface area contributed by atoms with Crippen LogP contribution in [0.4, 0.5) is 9.93 Å². The zero-order chi connectivity index (χ0) is 16.9. The number of rotatable bonds is 2. The lowest BCUT2D eigenvalue weighted by Gasteiger charge is -2.41. The standard InChI is InChI=1S/C16H24N4O2S/c1-10(2)19-8-18(5)15(22)20(9-19)14-17-11-6-16(3,4)7-12(21)13(11)23-14/h10H,6-9H2,1-5H3. The van der Waals surface area contributed by atoms with Crippen LogP contribution in [0.15, 0.2) is 0 Å². The van der Waals surface area contributed by atoms with Crippen molar-refractivity contribution in [3.05, 3.63) is 10.6 Å². The molecule has 23 heavy (non-hydrogen) atoms. The Morgan fingerprint density at radius 2 is 1.87 bits per heavy atom. The van der Waals surface area contributed by atoms with Gasteiger partial charge in [-0.3, -0.25) is 14.6 Å². The quantitative estimate of drug-likeness (QED) is 0.833. The number of hydrogen-bond donors (Lipinski definition) is 0. The highest BCUT2D eigenvalue weighted by Crippen LogP contribution is 2.39. The van der Waals surface area contributed by atoms with Crippen LogP contribution in [-0.2, 0) is 6.42 Å². The fraction of sp³-hybridized carbons (Fsp3) is 0.688. The first-order valence-electron chi connectivity index (χ1n) is 7.97. The predicted octanol–water partition coefficient (Wildman–Crippen LogP) is 2.80. The Balaban J connectivity index is 1.93. The number of nitrogens with zero attached hydrogens (tertiary/aromatic N) is 4. The molecule has 1 aromatic rings. The van der Waals surface area contributed by atoms with Crippen LogP contribution < -0.4 is 4.90 Å². The molecule has 0 spiro atoms. The number of hydrogen-bond acceptors (Lipinski definition) is 5. The summed E-state index contributed by atoms with van der Waals surface area (Å²) in [6.45, 7) is 9.54. The number of fused-ring (bicyclic) bond motifs is 1. The highest BCUT2D eigenvalue weighted by Gasteiger charge is 2.37. The van der Waals surface area contributed by atoms with E-state index in [1.807, 2.05) is 0 Å².